The van der Waals surface area contributed by atoms with E-state index < -0.39 is 37.4 Å². The molecule has 1 unspecified atom stereocenters. The van der Waals surface area contributed by atoms with Crippen molar-refractivity contribution in [3.63, 3.8) is 0 Å². The highest BCUT2D eigenvalue weighted by Crippen LogP contribution is 2.27. The molecule has 0 saturated carbocycles. The summed E-state index contributed by atoms with van der Waals surface area (Å²) in [6, 6.07) is 2.62. The number of aliphatic carboxylic acids is 1. The molecule has 0 aliphatic heterocycles. The van der Waals surface area contributed by atoms with E-state index in [0.717, 1.165) is 0 Å². The predicted octanol–water partition coefficient (Wildman–Crippen LogP) is 2.60. The molecule has 1 atom stereocenters. The van der Waals surface area contributed by atoms with Gasteiger partial charge in [0.25, 0.3) is 5.91 Å². The maximum absolute atomic E-state index is 12.2. The molecule has 0 spiro atoms. The van der Waals surface area contributed by atoms with Crippen molar-refractivity contribution in [2.45, 2.75) is 18.9 Å². The molecule has 0 fully saturated rings. The number of carbonyl (C=O) groups is 2. The van der Waals surface area contributed by atoms with Crippen LogP contribution in [0.15, 0.2) is 18.2 Å². The van der Waals surface area contributed by atoms with E-state index in [0.29, 0.717) is 5.02 Å². The van der Waals surface area contributed by atoms with Crippen LogP contribution in [-0.2, 0) is 9.59 Å². The molecule has 1 aromatic carbocycles. The molecule has 0 heterocycles. The Hall–Kier alpha value is -1.60. The smallest absolute Gasteiger partial charge is 0.326 e. The van der Waals surface area contributed by atoms with E-state index in [4.69, 9.17) is 33.0 Å². The Kier molecular flexibility index (Phi) is 6.64. The molecular formula is C12H11Cl2F2NO4. The minimum atomic E-state index is -2.85. The summed E-state index contributed by atoms with van der Waals surface area (Å²) in [5.74, 6) is -2.24. The number of nitrogens with one attached hydrogen (secondary N) is 1. The topological polar surface area (TPSA) is 75.6 Å². The van der Waals surface area contributed by atoms with Crippen LogP contribution >= 0.6 is 23.2 Å². The van der Waals surface area contributed by atoms with Crippen LogP contribution < -0.4 is 10.1 Å². The number of hydrogen-bond acceptors (Lipinski definition) is 3. The van der Waals surface area contributed by atoms with Crippen LogP contribution in [0.4, 0.5) is 8.78 Å². The second-order valence-corrected chi connectivity index (χ2v) is 4.79. The fraction of sp³-hybridized carbons (Fsp3) is 0.333. The average molecular weight is 342 g/mol. The minimum Gasteiger partial charge on any atom is -0.482 e. The van der Waals surface area contributed by atoms with Crippen molar-refractivity contribution in [1.29, 1.82) is 0 Å². The van der Waals surface area contributed by atoms with Crippen molar-refractivity contribution >= 4 is 35.1 Å². The van der Waals surface area contributed by atoms with Crippen molar-refractivity contribution < 1.29 is 28.2 Å². The molecule has 1 rings (SSSR count). The monoisotopic (exact) mass is 341 g/mol. The second kappa shape index (κ2) is 7.99. The Morgan fingerprint density at radius 1 is 1.33 bits per heavy atom. The largest absolute Gasteiger partial charge is 0.482 e. The molecule has 5 nitrogen and oxygen atoms in total. The van der Waals surface area contributed by atoms with Gasteiger partial charge in [-0.2, -0.15) is 0 Å². The lowest BCUT2D eigenvalue weighted by Crippen LogP contribution is -2.44. The first-order chi connectivity index (χ1) is 9.79. The van der Waals surface area contributed by atoms with Crippen LogP contribution in [0, 0.1) is 0 Å². The second-order valence-electron chi connectivity index (χ2n) is 3.95. The molecule has 0 saturated heterocycles. The normalized spacial score (nSPS) is 12.0. The summed E-state index contributed by atoms with van der Waals surface area (Å²) in [4.78, 5) is 22.2. The van der Waals surface area contributed by atoms with Crippen LogP contribution in [0.3, 0.4) is 0 Å². The Morgan fingerprint density at radius 2 is 2.00 bits per heavy atom. The summed E-state index contributed by atoms with van der Waals surface area (Å²) in [5, 5.41) is 11.2. The highest BCUT2D eigenvalue weighted by Gasteiger charge is 2.24. The summed E-state index contributed by atoms with van der Waals surface area (Å²) in [5.41, 5.74) is 0. The molecule has 0 aliphatic rings. The van der Waals surface area contributed by atoms with Gasteiger partial charge in [-0.15, -0.1) is 0 Å². The number of benzene rings is 1. The first kappa shape index (κ1) is 17.5. The van der Waals surface area contributed by atoms with E-state index in [1.165, 1.54) is 18.2 Å². The van der Waals surface area contributed by atoms with E-state index in [2.05, 4.69) is 0 Å². The molecule has 2 N–H and O–H groups in total. The van der Waals surface area contributed by atoms with E-state index in [1.54, 1.807) is 0 Å². The highest BCUT2D eigenvalue weighted by atomic mass is 35.5. The molecule has 9 heteroatoms. The van der Waals surface area contributed by atoms with Gasteiger partial charge in [0.2, 0.25) is 6.43 Å². The summed E-state index contributed by atoms with van der Waals surface area (Å²) >= 11 is 11.5. The zero-order chi connectivity index (χ0) is 16.0. The van der Waals surface area contributed by atoms with Gasteiger partial charge in [0.05, 0.1) is 5.02 Å². The molecule has 116 valence electrons. The number of carbonyl (C=O) groups excluding carboxylic acids is 1. The van der Waals surface area contributed by atoms with Crippen LogP contribution in [0.5, 0.6) is 5.75 Å². The van der Waals surface area contributed by atoms with Crippen LogP contribution in [-0.4, -0.2) is 36.1 Å². The summed E-state index contributed by atoms with van der Waals surface area (Å²) < 4.78 is 29.4. The van der Waals surface area contributed by atoms with Gasteiger partial charge in [-0.1, -0.05) is 23.2 Å². The van der Waals surface area contributed by atoms with Gasteiger partial charge in [-0.05, 0) is 18.2 Å². The lowest BCUT2D eigenvalue weighted by Gasteiger charge is -2.14. The van der Waals surface area contributed by atoms with Gasteiger partial charge >= 0.3 is 5.97 Å². The first-order valence-corrected chi connectivity index (χ1v) is 6.43. The molecule has 0 aromatic heterocycles. The first-order valence-electron chi connectivity index (χ1n) is 5.67. The van der Waals surface area contributed by atoms with Gasteiger partial charge in [-0.3, -0.25) is 4.79 Å². The maximum Gasteiger partial charge on any atom is 0.326 e. The van der Waals surface area contributed by atoms with Crippen molar-refractivity contribution in [1.82, 2.24) is 5.32 Å². The van der Waals surface area contributed by atoms with Crippen LogP contribution in [0.25, 0.3) is 0 Å². The number of carboxylic acid groups (broad SMARTS) is 1. The average Bonchev–Trinajstić information content (AvgIpc) is 2.36. The number of halogens is 4. The number of alkyl halides is 2. The Balaban J connectivity index is 2.54. The van der Waals surface area contributed by atoms with Crippen molar-refractivity contribution in [2.75, 3.05) is 6.61 Å². The summed E-state index contributed by atoms with van der Waals surface area (Å²) in [6.45, 7) is -0.561. The van der Waals surface area contributed by atoms with Gasteiger partial charge < -0.3 is 15.2 Å². The molecule has 0 aliphatic carbocycles. The number of carboxylic acids is 1. The zero-order valence-corrected chi connectivity index (χ0v) is 12.0. The van der Waals surface area contributed by atoms with Gasteiger partial charge in [0.15, 0.2) is 6.61 Å². The minimum absolute atomic E-state index is 0.164. The lowest BCUT2D eigenvalue weighted by molar-refractivity contribution is -0.143. The Morgan fingerprint density at radius 3 is 2.52 bits per heavy atom. The Bertz CT molecular complexity index is 528. The summed E-state index contributed by atoms with van der Waals surface area (Å²) in [6.07, 6.45) is -3.83. The van der Waals surface area contributed by atoms with Crippen molar-refractivity contribution in [3.8, 4) is 5.75 Å². The third-order valence-electron chi connectivity index (χ3n) is 2.30. The van der Waals surface area contributed by atoms with Crippen LogP contribution in [0.1, 0.15) is 6.42 Å². The van der Waals surface area contributed by atoms with Crippen molar-refractivity contribution in [3.05, 3.63) is 28.2 Å². The molecule has 1 aromatic rings. The third-order valence-corrected chi connectivity index (χ3v) is 2.83. The maximum atomic E-state index is 12.2. The summed E-state index contributed by atoms with van der Waals surface area (Å²) in [7, 11) is 0. The quantitative estimate of drug-likeness (QED) is 0.799. The van der Waals surface area contributed by atoms with Crippen LogP contribution in [0.2, 0.25) is 10.0 Å². The lowest BCUT2D eigenvalue weighted by atomic mass is 10.2. The number of amides is 1. The Labute approximate surface area is 128 Å². The van der Waals surface area contributed by atoms with Gasteiger partial charge in [0.1, 0.15) is 11.8 Å². The van der Waals surface area contributed by atoms with E-state index in [-0.39, 0.29) is 10.8 Å². The fourth-order valence-electron chi connectivity index (χ4n) is 1.37. The number of hydrogen-bond donors (Lipinski definition) is 2. The zero-order valence-electron chi connectivity index (χ0n) is 10.5. The molecular weight excluding hydrogens is 331 g/mol. The van der Waals surface area contributed by atoms with E-state index in [9.17, 15) is 18.4 Å². The molecule has 1 amide bonds. The molecule has 0 radical (unpaired) electrons. The predicted molar refractivity (Wildman–Crippen MR) is 72.1 cm³/mol. The SMILES string of the molecule is O=C(COc1ccc(Cl)cc1Cl)NC(CC(F)F)C(=O)O. The highest BCUT2D eigenvalue weighted by molar-refractivity contribution is 6.35. The standard InChI is InChI=1S/C12H11Cl2F2NO4/c13-6-1-2-9(7(14)3-6)21-5-11(18)17-8(12(19)20)4-10(15)16/h1-3,8,10H,4-5H2,(H,17,18)(H,19,20). The van der Waals surface area contributed by atoms with Crippen molar-refractivity contribution in [2.24, 2.45) is 0 Å². The molecule has 0 bridgehead atoms. The van der Waals surface area contributed by atoms with Gasteiger partial charge in [0, 0.05) is 11.4 Å². The van der Waals surface area contributed by atoms with E-state index >= 15 is 0 Å². The number of rotatable bonds is 7. The number of ether oxygens (including phenoxy) is 1. The van der Waals surface area contributed by atoms with E-state index in [1.807, 2.05) is 5.32 Å². The van der Waals surface area contributed by atoms with Gasteiger partial charge in [-0.25, -0.2) is 13.6 Å². The third kappa shape index (κ3) is 6.14. The fourth-order valence-corrected chi connectivity index (χ4v) is 1.83. The molecule has 21 heavy (non-hydrogen) atoms.